The minimum Gasteiger partial charge on any atom is -0.488 e. The van der Waals surface area contributed by atoms with Crippen LogP contribution in [0.15, 0.2) is 54.6 Å². The smallest absolute Gasteiger partial charge is 0.416 e. The molecule has 0 unspecified atom stereocenters. The van der Waals surface area contributed by atoms with Gasteiger partial charge < -0.3 is 9.84 Å². The predicted octanol–water partition coefficient (Wildman–Crippen LogP) is 7.65. The number of pyridine rings is 1. The number of hydrogen-bond acceptors (Lipinski definition) is 3. The molecule has 1 aliphatic carbocycles. The second kappa shape index (κ2) is 10.1. The van der Waals surface area contributed by atoms with Crippen LogP contribution in [0, 0.1) is 5.82 Å². The van der Waals surface area contributed by atoms with Gasteiger partial charge in [0.25, 0.3) is 0 Å². The summed E-state index contributed by atoms with van der Waals surface area (Å²) in [5.41, 5.74) is 1.10. The van der Waals surface area contributed by atoms with Crippen molar-refractivity contribution in [3.05, 3.63) is 93.5 Å². The molecule has 0 saturated carbocycles. The van der Waals surface area contributed by atoms with Gasteiger partial charge in [-0.25, -0.2) is 14.2 Å². The number of carbonyl (C=O) groups is 1. The van der Waals surface area contributed by atoms with Crippen molar-refractivity contribution < 1.29 is 32.2 Å². The van der Waals surface area contributed by atoms with Crippen molar-refractivity contribution >= 4 is 28.7 Å². The van der Waals surface area contributed by atoms with Gasteiger partial charge in [-0.3, -0.25) is 0 Å². The number of carboxylic acids is 1. The topological polar surface area (TPSA) is 59.4 Å². The number of halogens is 5. The van der Waals surface area contributed by atoms with Gasteiger partial charge in [-0.2, -0.15) is 13.2 Å². The van der Waals surface area contributed by atoms with Gasteiger partial charge in [-0.1, -0.05) is 23.7 Å². The van der Waals surface area contributed by atoms with Crippen molar-refractivity contribution in [2.45, 2.75) is 38.5 Å². The number of nitrogens with zero attached hydrogens (tertiary/aromatic N) is 1. The lowest BCUT2D eigenvalue weighted by Crippen LogP contribution is -2.09. The van der Waals surface area contributed by atoms with Crippen LogP contribution in [-0.2, 0) is 12.8 Å². The summed E-state index contributed by atoms with van der Waals surface area (Å²) < 4.78 is 60.8. The summed E-state index contributed by atoms with van der Waals surface area (Å²) in [5, 5.41) is 9.53. The third kappa shape index (κ3) is 5.65. The van der Waals surface area contributed by atoms with Crippen molar-refractivity contribution in [3.63, 3.8) is 0 Å². The molecular formula is C26H20ClF4NO3. The molecule has 0 bridgehead atoms. The standard InChI is InChI=1S/C26H20ClF4NO3/c27-17-10-8-15(21(28)13-17)14-35-24-11-9-16(26(29,30)31)12-20(24)18-4-1-2-5-19(18)22-6-3-7-23(32-22)25(33)34/h3,6-13H,1-2,4-5,14H2,(H,33,34). The molecule has 1 aromatic heterocycles. The Hall–Kier alpha value is -3.39. The maximum atomic E-state index is 14.2. The Kier molecular flexibility index (Phi) is 7.12. The van der Waals surface area contributed by atoms with Gasteiger partial charge in [0.2, 0.25) is 0 Å². The van der Waals surface area contributed by atoms with E-state index in [0.29, 0.717) is 29.7 Å². The fraction of sp³-hybridized carbons (Fsp3) is 0.231. The third-order valence-electron chi connectivity index (χ3n) is 5.78. The van der Waals surface area contributed by atoms with E-state index >= 15 is 0 Å². The van der Waals surface area contributed by atoms with Crippen molar-refractivity contribution in [2.75, 3.05) is 0 Å². The van der Waals surface area contributed by atoms with Crippen LogP contribution in [0.3, 0.4) is 0 Å². The summed E-state index contributed by atoms with van der Waals surface area (Å²) in [7, 11) is 0. The first-order valence-electron chi connectivity index (χ1n) is 10.8. The fourth-order valence-corrected chi connectivity index (χ4v) is 4.23. The second-order valence-electron chi connectivity index (χ2n) is 8.11. The molecule has 0 fully saturated rings. The van der Waals surface area contributed by atoms with Crippen molar-refractivity contribution in [3.8, 4) is 5.75 Å². The monoisotopic (exact) mass is 505 g/mol. The summed E-state index contributed by atoms with van der Waals surface area (Å²) in [4.78, 5) is 15.6. The average Bonchev–Trinajstić information content (AvgIpc) is 2.83. The summed E-state index contributed by atoms with van der Waals surface area (Å²) in [5.74, 6) is -1.62. The molecule has 4 nitrogen and oxygen atoms in total. The lowest BCUT2D eigenvalue weighted by Gasteiger charge is -2.23. The van der Waals surface area contributed by atoms with Crippen molar-refractivity contribution in [1.82, 2.24) is 4.98 Å². The number of carboxylic acid groups (broad SMARTS) is 1. The average molecular weight is 506 g/mol. The van der Waals surface area contributed by atoms with Crippen LogP contribution in [0.4, 0.5) is 17.6 Å². The Labute approximate surface area is 203 Å². The molecule has 35 heavy (non-hydrogen) atoms. The number of alkyl halides is 3. The molecule has 0 atom stereocenters. The quantitative estimate of drug-likeness (QED) is 0.349. The van der Waals surface area contributed by atoms with Crippen molar-refractivity contribution in [1.29, 1.82) is 0 Å². The molecule has 9 heteroatoms. The minimum absolute atomic E-state index is 0.154. The van der Waals surface area contributed by atoms with E-state index in [1.165, 1.54) is 24.3 Å². The Morgan fingerprint density at radius 3 is 2.46 bits per heavy atom. The van der Waals surface area contributed by atoms with Crippen molar-refractivity contribution in [2.24, 2.45) is 0 Å². The largest absolute Gasteiger partial charge is 0.488 e. The zero-order valence-electron chi connectivity index (χ0n) is 18.3. The molecule has 0 saturated heterocycles. The maximum absolute atomic E-state index is 14.2. The molecule has 182 valence electrons. The first kappa shape index (κ1) is 24.7. The Bertz CT molecular complexity index is 1300. The third-order valence-corrected chi connectivity index (χ3v) is 6.01. The fourth-order valence-electron chi connectivity index (χ4n) is 4.07. The molecule has 1 N–H and O–H groups in total. The molecule has 1 heterocycles. The number of aromatic nitrogens is 1. The Balaban J connectivity index is 1.81. The van der Waals surface area contributed by atoms with Crippen LogP contribution >= 0.6 is 11.6 Å². The van der Waals surface area contributed by atoms with E-state index in [9.17, 15) is 27.5 Å². The Morgan fingerprint density at radius 1 is 1.03 bits per heavy atom. The highest BCUT2D eigenvalue weighted by Gasteiger charge is 2.32. The minimum atomic E-state index is -4.58. The zero-order valence-corrected chi connectivity index (χ0v) is 19.1. The normalized spacial score (nSPS) is 14.2. The van der Waals surface area contributed by atoms with E-state index in [1.807, 2.05) is 0 Å². The van der Waals surface area contributed by atoms with Gasteiger partial charge in [0, 0.05) is 16.1 Å². The molecule has 0 radical (unpaired) electrons. The number of rotatable bonds is 6. The molecule has 0 spiro atoms. The summed E-state index contributed by atoms with van der Waals surface area (Å²) in [6.45, 7) is -0.212. The highest BCUT2D eigenvalue weighted by Crippen LogP contribution is 2.43. The van der Waals surface area contributed by atoms with Gasteiger partial charge in [0.1, 0.15) is 23.9 Å². The molecule has 3 aromatic rings. The van der Waals surface area contributed by atoms with Gasteiger partial charge in [0.15, 0.2) is 0 Å². The lowest BCUT2D eigenvalue weighted by molar-refractivity contribution is -0.137. The zero-order chi connectivity index (χ0) is 25.2. The molecule has 0 aliphatic heterocycles. The highest BCUT2D eigenvalue weighted by molar-refractivity contribution is 6.30. The molecule has 2 aromatic carbocycles. The number of ether oxygens (including phenoxy) is 1. The molecular weight excluding hydrogens is 486 g/mol. The van der Waals surface area contributed by atoms with Gasteiger partial charge in [-0.05, 0) is 79.3 Å². The van der Waals surface area contributed by atoms with Crippen LogP contribution in [0.1, 0.15) is 58.6 Å². The van der Waals surface area contributed by atoms with Gasteiger partial charge in [-0.15, -0.1) is 0 Å². The van der Waals surface area contributed by atoms with E-state index in [-0.39, 0.29) is 34.2 Å². The molecule has 4 rings (SSSR count). The van der Waals surface area contributed by atoms with E-state index in [4.69, 9.17) is 16.3 Å². The Morgan fingerprint density at radius 2 is 1.77 bits per heavy atom. The SMILES string of the molecule is O=C(O)c1cccc(C2=C(c3cc(C(F)(F)F)ccc3OCc3ccc(Cl)cc3F)CCCC2)n1. The molecule has 0 amide bonds. The van der Waals surface area contributed by atoms with E-state index < -0.39 is 23.5 Å². The maximum Gasteiger partial charge on any atom is 0.416 e. The second-order valence-corrected chi connectivity index (χ2v) is 8.55. The summed E-state index contributed by atoms with van der Waals surface area (Å²) in [6.07, 6.45) is -2.08. The van der Waals surface area contributed by atoms with Gasteiger partial charge in [0.05, 0.1) is 11.3 Å². The van der Waals surface area contributed by atoms with Crippen LogP contribution in [-0.4, -0.2) is 16.1 Å². The first-order chi connectivity index (χ1) is 16.6. The van der Waals surface area contributed by atoms with E-state index in [1.54, 1.807) is 12.1 Å². The lowest BCUT2D eigenvalue weighted by atomic mass is 9.84. The predicted molar refractivity (Wildman–Crippen MR) is 124 cm³/mol. The van der Waals surface area contributed by atoms with Crippen LogP contribution < -0.4 is 4.74 Å². The van der Waals surface area contributed by atoms with E-state index in [0.717, 1.165) is 31.0 Å². The molecule has 1 aliphatic rings. The van der Waals surface area contributed by atoms with Crippen LogP contribution in [0.25, 0.3) is 11.1 Å². The number of hydrogen-bond donors (Lipinski definition) is 1. The number of benzene rings is 2. The summed E-state index contributed by atoms with van der Waals surface area (Å²) in [6, 6.07) is 11.8. The first-order valence-corrected chi connectivity index (χ1v) is 11.2. The van der Waals surface area contributed by atoms with Crippen LogP contribution in [0.5, 0.6) is 5.75 Å². The van der Waals surface area contributed by atoms with Gasteiger partial charge >= 0.3 is 12.1 Å². The number of aromatic carboxylic acids is 1. The number of allylic oxidation sites excluding steroid dienone is 2. The van der Waals surface area contributed by atoms with Crippen LogP contribution in [0.2, 0.25) is 5.02 Å². The highest BCUT2D eigenvalue weighted by atomic mass is 35.5. The van der Waals surface area contributed by atoms with E-state index in [2.05, 4.69) is 4.98 Å². The summed E-state index contributed by atoms with van der Waals surface area (Å²) >= 11 is 5.79.